The number of halogens is 1. The number of guanidine groups is 1. The summed E-state index contributed by atoms with van der Waals surface area (Å²) in [6.07, 6.45) is 0. The summed E-state index contributed by atoms with van der Waals surface area (Å²) in [5, 5.41) is 14.2. The minimum atomic E-state index is -0.411. The highest BCUT2D eigenvalue weighted by Gasteiger charge is 2.16. The van der Waals surface area contributed by atoms with E-state index in [1.807, 2.05) is 20.8 Å². The van der Waals surface area contributed by atoms with Gasteiger partial charge in [-0.3, -0.25) is 14.9 Å². The van der Waals surface area contributed by atoms with E-state index in [1.165, 1.54) is 6.07 Å². The number of hydrogen-bond donors (Lipinski definition) is 1. The molecule has 1 aromatic carbocycles. The van der Waals surface area contributed by atoms with Gasteiger partial charge in [-0.1, -0.05) is 18.2 Å². The first kappa shape index (κ1) is 24.1. The maximum atomic E-state index is 12.3. The van der Waals surface area contributed by atoms with Crippen LogP contribution in [-0.4, -0.2) is 59.8 Å². The number of nitrogens with one attached hydrogen (secondary N) is 1. The lowest BCUT2D eigenvalue weighted by Gasteiger charge is -2.25. The number of carbonyl (C=O) groups is 1. The highest BCUT2D eigenvalue weighted by Crippen LogP contribution is 2.18. The second-order valence-electron chi connectivity index (χ2n) is 5.48. The van der Waals surface area contributed by atoms with Gasteiger partial charge in [0.05, 0.1) is 23.6 Å². The van der Waals surface area contributed by atoms with Gasteiger partial charge in [-0.15, -0.1) is 24.0 Å². The van der Waals surface area contributed by atoms with Crippen molar-refractivity contribution in [3.63, 3.8) is 0 Å². The topological polar surface area (TPSA) is 91.1 Å². The van der Waals surface area contributed by atoms with Crippen LogP contribution in [0.4, 0.5) is 5.69 Å². The molecule has 0 spiro atoms. The van der Waals surface area contributed by atoms with E-state index in [0.717, 1.165) is 0 Å². The molecule has 0 bridgehead atoms. The Labute approximate surface area is 171 Å². The molecule has 26 heavy (non-hydrogen) atoms. The van der Waals surface area contributed by atoms with Gasteiger partial charge >= 0.3 is 0 Å². The molecule has 0 aliphatic carbocycles. The molecule has 0 heterocycles. The predicted molar refractivity (Wildman–Crippen MR) is 114 cm³/mol. The summed E-state index contributed by atoms with van der Waals surface area (Å²) in [7, 11) is 1.78. The van der Waals surface area contributed by atoms with Crippen molar-refractivity contribution in [2.45, 2.75) is 27.3 Å². The molecule has 0 aromatic heterocycles. The smallest absolute Gasteiger partial charge is 0.274 e. The maximum absolute atomic E-state index is 12.3. The first-order valence-corrected chi connectivity index (χ1v) is 8.44. The second-order valence-corrected chi connectivity index (χ2v) is 5.48. The van der Waals surface area contributed by atoms with E-state index in [0.29, 0.717) is 31.2 Å². The van der Waals surface area contributed by atoms with Crippen LogP contribution >= 0.6 is 24.0 Å². The lowest BCUT2D eigenvalue weighted by atomic mass is 10.2. The van der Waals surface area contributed by atoms with Gasteiger partial charge in [-0.25, -0.2) is 4.99 Å². The number of para-hydroxylation sites is 1. The van der Waals surface area contributed by atoms with Crippen LogP contribution in [0.15, 0.2) is 29.3 Å². The van der Waals surface area contributed by atoms with Gasteiger partial charge in [0.1, 0.15) is 0 Å². The Hall–Kier alpha value is -1.91. The van der Waals surface area contributed by atoms with Crippen LogP contribution in [0.25, 0.3) is 0 Å². The highest BCUT2D eigenvalue weighted by molar-refractivity contribution is 14.0. The minimum Gasteiger partial charge on any atom is -0.357 e. The van der Waals surface area contributed by atoms with E-state index in [9.17, 15) is 14.9 Å². The molecule has 0 unspecified atom stereocenters. The van der Waals surface area contributed by atoms with Gasteiger partial charge in [0.15, 0.2) is 5.96 Å². The molecule has 0 atom stereocenters. The zero-order chi connectivity index (χ0) is 18.8. The van der Waals surface area contributed by atoms with Crippen LogP contribution in [0.3, 0.4) is 0 Å². The number of carbonyl (C=O) groups excluding carboxylic acids is 1. The average molecular weight is 477 g/mol. The normalized spacial score (nSPS) is 10.7. The highest BCUT2D eigenvalue weighted by atomic mass is 127. The summed E-state index contributed by atoms with van der Waals surface area (Å²) in [5.74, 6) is 0.560. The second kappa shape index (κ2) is 12.4. The molecular formula is C17H28IN5O3. The van der Waals surface area contributed by atoms with Crippen molar-refractivity contribution in [3.05, 3.63) is 39.9 Å². The third-order valence-electron chi connectivity index (χ3n) is 3.77. The number of nitro benzene ring substituents is 1. The molecule has 0 aliphatic rings. The van der Waals surface area contributed by atoms with Crippen molar-refractivity contribution < 1.29 is 9.72 Å². The number of nitrogens with zero attached hydrogens (tertiary/aromatic N) is 4. The molecule has 0 radical (unpaired) electrons. The van der Waals surface area contributed by atoms with E-state index < -0.39 is 4.92 Å². The molecule has 0 aliphatic heterocycles. The van der Waals surface area contributed by atoms with E-state index in [2.05, 4.69) is 10.3 Å². The van der Waals surface area contributed by atoms with Crippen LogP contribution in [0.5, 0.6) is 0 Å². The van der Waals surface area contributed by atoms with Crippen LogP contribution < -0.4 is 5.32 Å². The molecule has 1 rings (SSSR count). The summed E-state index contributed by atoms with van der Waals surface area (Å²) in [4.78, 5) is 30.9. The van der Waals surface area contributed by atoms with Gasteiger partial charge in [0.25, 0.3) is 5.69 Å². The van der Waals surface area contributed by atoms with E-state index in [1.54, 1.807) is 35.0 Å². The van der Waals surface area contributed by atoms with Crippen LogP contribution in [-0.2, 0) is 11.3 Å². The third kappa shape index (κ3) is 7.14. The largest absolute Gasteiger partial charge is 0.357 e. The van der Waals surface area contributed by atoms with E-state index in [-0.39, 0.29) is 48.7 Å². The average Bonchev–Trinajstić information content (AvgIpc) is 2.59. The molecule has 146 valence electrons. The molecule has 1 amide bonds. The zero-order valence-electron chi connectivity index (χ0n) is 15.8. The molecule has 9 heteroatoms. The van der Waals surface area contributed by atoms with Crippen LogP contribution in [0, 0.1) is 10.1 Å². The summed E-state index contributed by atoms with van der Waals surface area (Å²) in [6.45, 7) is 8.14. The number of likely N-dealkylation sites (N-methyl/N-ethyl adjacent to an activating group) is 2. The standard InChI is InChI=1S/C17H27N5O3.HI/c1-5-18-17(20(4)13-16(23)21(6-2)7-3)19-12-14-10-8-9-11-15(14)22(24)25;/h8-11H,5-7,12-13H2,1-4H3,(H,18,19);1H. The monoisotopic (exact) mass is 477 g/mol. The first-order chi connectivity index (χ1) is 11.9. The number of benzene rings is 1. The Morgan fingerprint density at radius 2 is 1.85 bits per heavy atom. The Kier molecular flexibility index (Phi) is 11.5. The summed E-state index contributed by atoms with van der Waals surface area (Å²) in [5.41, 5.74) is 0.579. The Morgan fingerprint density at radius 3 is 2.38 bits per heavy atom. The van der Waals surface area contributed by atoms with Crippen molar-refractivity contribution >= 4 is 41.5 Å². The summed E-state index contributed by atoms with van der Waals surface area (Å²) in [6, 6.07) is 6.53. The molecule has 0 saturated heterocycles. The fraction of sp³-hybridized carbons (Fsp3) is 0.529. The SMILES string of the molecule is CCNC(=NCc1ccccc1[N+](=O)[O-])N(C)CC(=O)N(CC)CC.I. The minimum absolute atomic E-state index is 0. The number of aliphatic imine (C=N–C) groups is 1. The van der Waals surface area contributed by atoms with Crippen molar-refractivity contribution in [2.75, 3.05) is 33.2 Å². The lowest BCUT2D eigenvalue weighted by molar-refractivity contribution is -0.385. The predicted octanol–water partition coefficient (Wildman–Crippen LogP) is 2.48. The zero-order valence-corrected chi connectivity index (χ0v) is 18.1. The van der Waals surface area contributed by atoms with Crippen molar-refractivity contribution in [1.29, 1.82) is 0 Å². The van der Waals surface area contributed by atoms with Gasteiger partial charge in [0, 0.05) is 32.7 Å². The number of nitro groups is 1. The Bertz CT molecular complexity index is 620. The number of rotatable bonds is 8. The molecular weight excluding hydrogens is 449 g/mol. The molecule has 1 aromatic rings. The van der Waals surface area contributed by atoms with Gasteiger partial charge < -0.3 is 15.1 Å². The van der Waals surface area contributed by atoms with Crippen molar-refractivity contribution in [2.24, 2.45) is 4.99 Å². The quantitative estimate of drug-likeness (QED) is 0.204. The van der Waals surface area contributed by atoms with Gasteiger partial charge in [-0.05, 0) is 20.8 Å². The van der Waals surface area contributed by atoms with Gasteiger partial charge in [-0.2, -0.15) is 0 Å². The Morgan fingerprint density at radius 1 is 1.23 bits per heavy atom. The molecule has 8 nitrogen and oxygen atoms in total. The van der Waals surface area contributed by atoms with E-state index >= 15 is 0 Å². The Balaban J connectivity index is 0.00000625. The third-order valence-corrected chi connectivity index (χ3v) is 3.77. The first-order valence-electron chi connectivity index (χ1n) is 8.44. The van der Waals surface area contributed by atoms with E-state index in [4.69, 9.17) is 0 Å². The molecule has 0 saturated carbocycles. The maximum Gasteiger partial charge on any atom is 0.274 e. The van der Waals surface area contributed by atoms with Crippen molar-refractivity contribution in [3.8, 4) is 0 Å². The summed E-state index contributed by atoms with van der Waals surface area (Å²) < 4.78 is 0. The van der Waals surface area contributed by atoms with Crippen LogP contribution in [0.2, 0.25) is 0 Å². The molecule has 1 N–H and O–H groups in total. The number of amides is 1. The molecule has 0 fully saturated rings. The fourth-order valence-electron chi connectivity index (χ4n) is 2.41. The number of hydrogen-bond acceptors (Lipinski definition) is 4. The lowest BCUT2D eigenvalue weighted by Crippen LogP contribution is -2.45. The fourth-order valence-corrected chi connectivity index (χ4v) is 2.41. The van der Waals surface area contributed by atoms with Crippen LogP contribution in [0.1, 0.15) is 26.3 Å². The van der Waals surface area contributed by atoms with Crippen molar-refractivity contribution in [1.82, 2.24) is 15.1 Å². The van der Waals surface area contributed by atoms with Gasteiger partial charge in [0.2, 0.25) is 5.91 Å². The summed E-state index contributed by atoms with van der Waals surface area (Å²) >= 11 is 0.